The summed E-state index contributed by atoms with van der Waals surface area (Å²) < 4.78 is 40.3. The predicted octanol–water partition coefficient (Wildman–Crippen LogP) is 3.97. The molecule has 1 amide bonds. The van der Waals surface area contributed by atoms with Crippen LogP contribution in [-0.4, -0.2) is 40.6 Å². The third-order valence-electron chi connectivity index (χ3n) is 5.07. The minimum Gasteiger partial charge on any atom is -0.479 e. The molecule has 0 spiro atoms. The third-order valence-corrected chi connectivity index (χ3v) is 5.07. The highest BCUT2D eigenvalue weighted by Gasteiger charge is 2.48. The molecule has 7 heteroatoms. The Labute approximate surface area is 144 Å². The van der Waals surface area contributed by atoms with Crippen LogP contribution >= 0.6 is 0 Å². The van der Waals surface area contributed by atoms with Crippen LogP contribution < -0.4 is 0 Å². The maximum Gasteiger partial charge on any atom is 0.396 e. The number of carbonyl (C=O) groups is 2. The summed E-state index contributed by atoms with van der Waals surface area (Å²) in [7, 11) is 1.31. The number of carboxylic acids is 1. The molecular formula is C18H22F3NO3. The van der Waals surface area contributed by atoms with Crippen molar-refractivity contribution in [1.29, 1.82) is 0 Å². The molecule has 1 saturated carbocycles. The number of benzene rings is 1. The fraction of sp³-hybridized carbons (Fsp3) is 0.556. The van der Waals surface area contributed by atoms with Gasteiger partial charge in [-0.05, 0) is 18.4 Å². The van der Waals surface area contributed by atoms with E-state index in [1.807, 2.05) is 0 Å². The second-order valence-corrected chi connectivity index (χ2v) is 6.56. The van der Waals surface area contributed by atoms with Crippen molar-refractivity contribution in [1.82, 2.24) is 4.90 Å². The summed E-state index contributed by atoms with van der Waals surface area (Å²) in [5, 5.41) is 9.60. The number of carbonyl (C=O) groups excluding carboxylic acids is 1. The largest absolute Gasteiger partial charge is 0.479 e. The van der Waals surface area contributed by atoms with Gasteiger partial charge in [-0.3, -0.25) is 4.79 Å². The summed E-state index contributed by atoms with van der Waals surface area (Å²) in [6.45, 7) is 0. The standard InChI is InChI=1S/C18H22F3NO3/c1-22(17(16(24)25)10-6-3-7-11-17)15(23)12-14(18(19,20)21)13-8-4-2-5-9-13/h2,4-5,8-9,14H,3,6-7,10-12H2,1H3,(H,24,25). The fourth-order valence-electron chi connectivity index (χ4n) is 3.49. The SMILES string of the molecule is CN(C(=O)CC(c1ccccc1)C(F)(F)F)C1(C(=O)O)CCCCC1. The van der Waals surface area contributed by atoms with E-state index in [1.165, 1.54) is 31.3 Å². The highest BCUT2D eigenvalue weighted by Crippen LogP contribution is 2.39. The van der Waals surface area contributed by atoms with E-state index < -0.39 is 35.9 Å². The van der Waals surface area contributed by atoms with Crippen LogP contribution in [0.5, 0.6) is 0 Å². The molecule has 0 aromatic heterocycles. The van der Waals surface area contributed by atoms with Crippen LogP contribution in [0.2, 0.25) is 0 Å². The quantitative estimate of drug-likeness (QED) is 0.867. The zero-order valence-electron chi connectivity index (χ0n) is 14.1. The Bertz CT molecular complexity index is 610. The molecule has 0 saturated heterocycles. The van der Waals surface area contributed by atoms with Crippen molar-refractivity contribution in [3.05, 3.63) is 35.9 Å². The number of nitrogens with zero attached hydrogens (tertiary/aromatic N) is 1. The highest BCUT2D eigenvalue weighted by molar-refractivity contribution is 5.87. The topological polar surface area (TPSA) is 57.6 Å². The molecular weight excluding hydrogens is 335 g/mol. The first-order valence-electron chi connectivity index (χ1n) is 8.30. The van der Waals surface area contributed by atoms with E-state index in [0.717, 1.165) is 11.3 Å². The molecule has 1 aromatic carbocycles. The zero-order valence-corrected chi connectivity index (χ0v) is 14.1. The minimum atomic E-state index is -4.58. The zero-order chi connectivity index (χ0) is 18.7. The fourth-order valence-corrected chi connectivity index (χ4v) is 3.49. The lowest BCUT2D eigenvalue weighted by Gasteiger charge is -2.41. The molecule has 4 nitrogen and oxygen atoms in total. The Hall–Kier alpha value is -2.05. The van der Waals surface area contributed by atoms with Gasteiger partial charge in [-0.1, -0.05) is 49.6 Å². The molecule has 0 radical (unpaired) electrons. The van der Waals surface area contributed by atoms with Crippen molar-refractivity contribution in [2.24, 2.45) is 0 Å². The third kappa shape index (κ3) is 4.14. The molecule has 1 unspecified atom stereocenters. The molecule has 25 heavy (non-hydrogen) atoms. The number of alkyl halides is 3. The molecule has 1 fully saturated rings. The van der Waals surface area contributed by atoms with Crippen molar-refractivity contribution < 1.29 is 27.9 Å². The van der Waals surface area contributed by atoms with Crippen LogP contribution in [-0.2, 0) is 9.59 Å². The Morgan fingerprint density at radius 3 is 2.20 bits per heavy atom. The first-order valence-corrected chi connectivity index (χ1v) is 8.30. The van der Waals surface area contributed by atoms with E-state index in [0.29, 0.717) is 12.8 Å². The van der Waals surface area contributed by atoms with E-state index in [9.17, 15) is 27.9 Å². The van der Waals surface area contributed by atoms with Gasteiger partial charge < -0.3 is 10.0 Å². The Morgan fingerprint density at radius 2 is 1.72 bits per heavy atom. The number of rotatable bonds is 5. The highest BCUT2D eigenvalue weighted by atomic mass is 19.4. The monoisotopic (exact) mass is 357 g/mol. The summed E-state index contributed by atoms with van der Waals surface area (Å²) in [5.74, 6) is -3.89. The Morgan fingerprint density at radius 1 is 1.16 bits per heavy atom. The Balaban J connectivity index is 2.24. The molecule has 0 heterocycles. The first-order chi connectivity index (χ1) is 11.7. The van der Waals surface area contributed by atoms with Crippen molar-refractivity contribution in [3.8, 4) is 0 Å². The first kappa shape index (κ1) is 19.3. The molecule has 1 aromatic rings. The summed E-state index contributed by atoms with van der Waals surface area (Å²) in [6, 6.07) is 7.24. The van der Waals surface area contributed by atoms with E-state index in [-0.39, 0.29) is 18.4 Å². The van der Waals surface area contributed by atoms with Crippen molar-refractivity contribution in [3.63, 3.8) is 0 Å². The van der Waals surface area contributed by atoms with E-state index in [4.69, 9.17) is 0 Å². The van der Waals surface area contributed by atoms with Gasteiger partial charge >= 0.3 is 12.1 Å². The number of hydrogen-bond donors (Lipinski definition) is 1. The summed E-state index contributed by atoms with van der Waals surface area (Å²) >= 11 is 0. The average molecular weight is 357 g/mol. The molecule has 138 valence electrons. The van der Waals surface area contributed by atoms with Crippen LogP contribution in [0.15, 0.2) is 30.3 Å². The van der Waals surface area contributed by atoms with Gasteiger partial charge in [-0.25, -0.2) is 4.79 Å². The molecule has 1 N–H and O–H groups in total. The smallest absolute Gasteiger partial charge is 0.396 e. The molecule has 0 bridgehead atoms. The van der Waals surface area contributed by atoms with Crippen LogP contribution in [0.1, 0.15) is 50.0 Å². The van der Waals surface area contributed by atoms with Gasteiger partial charge in [0.1, 0.15) is 5.54 Å². The number of hydrogen-bond acceptors (Lipinski definition) is 2. The van der Waals surface area contributed by atoms with Crippen molar-refractivity contribution in [2.45, 2.75) is 56.2 Å². The van der Waals surface area contributed by atoms with Crippen LogP contribution in [0.25, 0.3) is 0 Å². The maximum absolute atomic E-state index is 13.4. The van der Waals surface area contributed by atoms with Gasteiger partial charge in [0, 0.05) is 13.5 Å². The summed E-state index contributed by atoms with van der Waals surface area (Å²) in [6.07, 6.45) is -2.68. The van der Waals surface area contributed by atoms with Gasteiger partial charge in [0.25, 0.3) is 0 Å². The molecule has 1 atom stereocenters. The van der Waals surface area contributed by atoms with Crippen LogP contribution in [0.4, 0.5) is 13.2 Å². The van der Waals surface area contributed by atoms with Crippen LogP contribution in [0.3, 0.4) is 0 Å². The number of halogens is 3. The van der Waals surface area contributed by atoms with E-state index in [2.05, 4.69) is 0 Å². The van der Waals surface area contributed by atoms with E-state index >= 15 is 0 Å². The predicted molar refractivity (Wildman–Crippen MR) is 86.1 cm³/mol. The maximum atomic E-state index is 13.4. The number of aliphatic carboxylic acids is 1. The molecule has 0 aliphatic heterocycles. The van der Waals surface area contributed by atoms with Gasteiger partial charge in [0.15, 0.2) is 0 Å². The molecule has 1 aliphatic rings. The lowest BCUT2D eigenvalue weighted by Crippen LogP contribution is -2.56. The summed E-state index contributed by atoms with van der Waals surface area (Å²) in [4.78, 5) is 25.3. The van der Waals surface area contributed by atoms with Gasteiger partial charge in [-0.2, -0.15) is 13.2 Å². The van der Waals surface area contributed by atoms with Gasteiger partial charge in [-0.15, -0.1) is 0 Å². The normalized spacial score (nSPS) is 18.4. The molecule has 1 aliphatic carbocycles. The second-order valence-electron chi connectivity index (χ2n) is 6.56. The van der Waals surface area contributed by atoms with Gasteiger partial charge in [0.05, 0.1) is 5.92 Å². The van der Waals surface area contributed by atoms with Gasteiger partial charge in [0.2, 0.25) is 5.91 Å². The van der Waals surface area contributed by atoms with E-state index in [1.54, 1.807) is 6.07 Å². The lowest BCUT2D eigenvalue weighted by atomic mass is 9.80. The second kappa shape index (κ2) is 7.45. The van der Waals surface area contributed by atoms with Crippen molar-refractivity contribution in [2.75, 3.05) is 7.05 Å². The van der Waals surface area contributed by atoms with Crippen LogP contribution in [0, 0.1) is 0 Å². The number of likely N-dealkylation sites (N-methyl/N-ethyl adjacent to an activating group) is 1. The summed E-state index contributed by atoms with van der Waals surface area (Å²) in [5.41, 5.74) is -1.40. The Kier molecular flexibility index (Phi) is 5.75. The molecule has 2 rings (SSSR count). The number of amides is 1. The average Bonchev–Trinajstić information content (AvgIpc) is 2.59. The lowest BCUT2D eigenvalue weighted by molar-refractivity contribution is -0.168. The number of carboxylic acid groups (broad SMARTS) is 1. The minimum absolute atomic E-state index is 0.00442. The van der Waals surface area contributed by atoms with Crippen molar-refractivity contribution >= 4 is 11.9 Å².